The van der Waals surface area contributed by atoms with Gasteiger partial charge < -0.3 is 5.73 Å². The highest BCUT2D eigenvalue weighted by atomic mass is 15.3. The molecule has 3 heteroatoms. The van der Waals surface area contributed by atoms with E-state index < -0.39 is 0 Å². The van der Waals surface area contributed by atoms with E-state index in [2.05, 4.69) is 57.4 Å². The summed E-state index contributed by atoms with van der Waals surface area (Å²) in [5.74, 6) is 0. The molecule has 0 spiro atoms. The zero-order chi connectivity index (χ0) is 15.9. The number of aryl methyl sites for hydroxylation is 2. The van der Waals surface area contributed by atoms with Gasteiger partial charge in [0.05, 0.1) is 5.69 Å². The highest BCUT2D eigenvalue weighted by Gasteiger charge is 2.45. The van der Waals surface area contributed by atoms with Crippen molar-refractivity contribution in [3.63, 3.8) is 0 Å². The van der Waals surface area contributed by atoms with E-state index >= 15 is 0 Å². The average molecular weight is 291 g/mol. The van der Waals surface area contributed by atoms with Crippen molar-refractivity contribution in [1.82, 2.24) is 9.78 Å². The van der Waals surface area contributed by atoms with Gasteiger partial charge in [-0.15, -0.1) is 0 Å². The zero-order valence-electron chi connectivity index (χ0n) is 14.8. The molecule has 1 aliphatic carbocycles. The number of hydrogen-bond donors (Lipinski definition) is 1. The Kier molecular flexibility index (Phi) is 4.27. The molecule has 0 bridgehead atoms. The van der Waals surface area contributed by atoms with E-state index in [0.717, 1.165) is 32.2 Å². The Morgan fingerprint density at radius 2 is 1.67 bits per heavy atom. The Hall–Kier alpha value is -0.830. The van der Waals surface area contributed by atoms with Gasteiger partial charge in [-0.25, -0.2) is 0 Å². The maximum Gasteiger partial charge on any atom is 0.0624 e. The minimum Gasteiger partial charge on any atom is -0.325 e. The first kappa shape index (κ1) is 16.5. The lowest BCUT2D eigenvalue weighted by Gasteiger charge is -2.50. The van der Waals surface area contributed by atoms with Gasteiger partial charge in [-0.2, -0.15) is 5.10 Å². The summed E-state index contributed by atoms with van der Waals surface area (Å²) < 4.78 is 2.14. The standard InChI is InChI=1S/C18H33N3/c1-7-14-9-15(21(8-2)20-14)10-18(19)12-16(3,4)11-17(5,6)13-18/h9H,7-8,10-13,19H2,1-6H3. The molecule has 0 aliphatic heterocycles. The van der Waals surface area contributed by atoms with E-state index in [1.54, 1.807) is 0 Å². The van der Waals surface area contributed by atoms with Crippen LogP contribution in [0.25, 0.3) is 0 Å². The highest BCUT2D eigenvalue weighted by Crippen LogP contribution is 2.50. The molecule has 0 amide bonds. The lowest BCUT2D eigenvalue weighted by molar-refractivity contribution is 0.0478. The summed E-state index contributed by atoms with van der Waals surface area (Å²) in [4.78, 5) is 0. The molecule has 1 aliphatic rings. The van der Waals surface area contributed by atoms with Crippen molar-refractivity contribution in [2.24, 2.45) is 16.6 Å². The van der Waals surface area contributed by atoms with Crippen LogP contribution in [0.15, 0.2) is 6.07 Å². The molecule has 0 atom stereocenters. The minimum absolute atomic E-state index is 0.108. The quantitative estimate of drug-likeness (QED) is 0.913. The summed E-state index contributed by atoms with van der Waals surface area (Å²) in [5, 5.41) is 4.68. The molecule has 3 nitrogen and oxygen atoms in total. The summed E-state index contributed by atoms with van der Waals surface area (Å²) >= 11 is 0. The fraction of sp³-hybridized carbons (Fsp3) is 0.833. The molecule has 0 saturated heterocycles. The van der Waals surface area contributed by atoms with Gasteiger partial charge in [0.1, 0.15) is 0 Å². The van der Waals surface area contributed by atoms with Gasteiger partial charge in [-0.05, 0) is 49.5 Å². The molecule has 1 aromatic heterocycles. The van der Waals surface area contributed by atoms with Crippen LogP contribution in [0.3, 0.4) is 0 Å². The van der Waals surface area contributed by atoms with Crippen molar-refractivity contribution in [3.8, 4) is 0 Å². The van der Waals surface area contributed by atoms with Crippen LogP contribution in [-0.4, -0.2) is 15.3 Å². The second-order valence-electron chi connectivity index (χ2n) is 8.69. The van der Waals surface area contributed by atoms with E-state index in [0.29, 0.717) is 10.8 Å². The van der Waals surface area contributed by atoms with Crippen LogP contribution < -0.4 is 5.73 Å². The van der Waals surface area contributed by atoms with Gasteiger partial charge in [-0.3, -0.25) is 4.68 Å². The first-order valence-corrected chi connectivity index (χ1v) is 8.43. The second-order valence-corrected chi connectivity index (χ2v) is 8.69. The highest BCUT2D eigenvalue weighted by molar-refractivity contribution is 5.16. The fourth-order valence-corrected chi connectivity index (χ4v) is 4.98. The lowest BCUT2D eigenvalue weighted by atomic mass is 9.58. The smallest absolute Gasteiger partial charge is 0.0624 e. The Morgan fingerprint density at radius 1 is 1.10 bits per heavy atom. The first-order chi connectivity index (χ1) is 9.58. The largest absolute Gasteiger partial charge is 0.325 e. The van der Waals surface area contributed by atoms with Crippen LogP contribution in [0, 0.1) is 10.8 Å². The topological polar surface area (TPSA) is 43.8 Å². The SMILES string of the molecule is CCc1cc(CC2(N)CC(C)(C)CC(C)(C)C2)n(CC)n1. The van der Waals surface area contributed by atoms with Crippen molar-refractivity contribution in [3.05, 3.63) is 17.5 Å². The Morgan fingerprint density at radius 3 is 2.14 bits per heavy atom. The molecule has 1 aromatic rings. The van der Waals surface area contributed by atoms with Gasteiger partial charge in [0.15, 0.2) is 0 Å². The summed E-state index contributed by atoms with van der Waals surface area (Å²) in [6.07, 6.45) is 5.39. The normalized spacial score (nSPS) is 23.2. The van der Waals surface area contributed by atoms with E-state index in [4.69, 9.17) is 5.73 Å². The number of hydrogen-bond acceptors (Lipinski definition) is 2. The third kappa shape index (κ3) is 3.88. The molecule has 0 unspecified atom stereocenters. The molecule has 0 radical (unpaired) electrons. The minimum atomic E-state index is -0.108. The maximum absolute atomic E-state index is 6.88. The summed E-state index contributed by atoms with van der Waals surface area (Å²) in [6.45, 7) is 14.7. The van der Waals surface area contributed by atoms with Gasteiger partial charge in [0.2, 0.25) is 0 Å². The van der Waals surface area contributed by atoms with Crippen LogP contribution in [-0.2, 0) is 19.4 Å². The zero-order valence-corrected chi connectivity index (χ0v) is 14.8. The van der Waals surface area contributed by atoms with E-state index in [1.165, 1.54) is 17.8 Å². The Labute approximate surface area is 130 Å². The van der Waals surface area contributed by atoms with Gasteiger partial charge >= 0.3 is 0 Å². The van der Waals surface area contributed by atoms with Gasteiger partial charge in [0, 0.05) is 24.2 Å². The van der Waals surface area contributed by atoms with Crippen molar-refractivity contribution < 1.29 is 0 Å². The molecule has 1 fully saturated rings. The van der Waals surface area contributed by atoms with Crippen LogP contribution in [0.5, 0.6) is 0 Å². The number of nitrogens with two attached hydrogens (primary N) is 1. The molecule has 0 aromatic carbocycles. The lowest BCUT2D eigenvalue weighted by Crippen LogP contribution is -2.53. The van der Waals surface area contributed by atoms with Crippen molar-refractivity contribution in [2.75, 3.05) is 0 Å². The molecule has 120 valence electrons. The van der Waals surface area contributed by atoms with Crippen LogP contribution in [0.4, 0.5) is 0 Å². The van der Waals surface area contributed by atoms with Crippen molar-refractivity contribution in [1.29, 1.82) is 0 Å². The number of aromatic nitrogens is 2. The van der Waals surface area contributed by atoms with Crippen LogP contribution in [0.2, 0.25) is 0 Å². The van der Waals surface area contributed by atoms with Crippen molar-refractivity contribution in [2.45, 2.75) is 85.7 Å². The fourth-order valence-electron chi connectivity index (χ4n) is 4.98. The van der Waals surface area contributed by atoms with Crippen molar-refractivity contribution >= 4 is 0 Å². The van der Waals surface area contributed by atoms with Gasteiger partial charge in [-0.1, -0.05) is 34.6 Å². The molecule has 1 saturated carbocycles. The predicted molar refractivity (Wildman–Crippen MR) is 89.3 cm³/mol. The molecular weight excluding hydrogens is 258 g/mol. The summed E-state index contributed by atoms with van der Waals surface area (Å²) in [5.41, 5.74) is 9.90. The van der Waals surface area contributed by atoms with Crippen LogP contribution in [0.1, 0.15) is 72.2 Å². The van der Waals surface area contributed by atoms with E-state index in [1.807, 2.05) is 0 Å². The first-order valence-electron chi connectivity index (χ1n) is 8.43. The Balaban J connectivity index is 2.26. The predicted octanol–water partition coefficient (Wildman–Crippen LogP) is 3.94. The van der Waals surface area contributed by atoms with E-state index in [-0.39, 0.29) is 5.54 Å². The summed E-state index contributed by atoms with van der Waals surface area (Å²) in [6, 6.07) is 2.26. The Bertz CT molecular complexity index is 481. The van der Waals surface area contributed by atoms with Gasteiger partial charge in [0.25, 0.3) is 0 Å². The van der Waals surface area contributed by atoms with Crippen LogP contribution >= 0.6 is 0 Å². The molecule has 1 heterocycles. The third-order valence-electron chi connectivity index (χ3n) is 4.73. The summed E-state index contributed by atoms with van der Waals surface area (Å²) in [7, 11) is 0. The maximum atomic E-state index is 6.88. The second kappa shape index (κ2) is 5.42. The average Bonchev–Trinajstić information content (AvgIpc) is 2.65. The third-order valence-corrected chi connectivity index (χ3v) is 4.73. The van der Waals surface area contributed by atoms with E-state index in [9.17, 15) is 0 Å². The number of rotatable bonds is 4. The number of nitrogens with zero attached hydrogens (tertiary/aromatic N) is 2. The monoisotopic (exact) mass is 291 g/mol. The molecule has 2 N–H and O–H groups in total. The molecular formula is C18H33N3. The molecule has 21 heavy (non-hydrogen) atoms. The molecule has 2 rings (SSSR count).